The molecule has 0 saturated heterocycles. The van der Waals surface area contributed by atoms with Crippen LogP contribution in [0.3, 0.4) is 0 Å². The Kier molecular flexibility index (Phi) is 3.44. The minimum Gasteiger partial charge on any atom is -0.300 e. The molecule has 1 aromatic rings. The van der Waals surface area contributed by atoms with Crippen molar-refractivity contribution in [1.82, 2.24) is 4.98 Å². The van der Waals surface area contributed by atoms with Gasteiger partial charge in [-0.3, -0.25) is 4.98 Å². The van der Waals surface area contributed by atoms with E-state index in [2.05, 4.69) is 4.98 Å². The molecule has 1 aromatic heterocycles. The van der Waals surface area contributed by atoms with Crippen molar-refractivity contribution in [2.45, 2.75) is 25.9 Å². The molecule has 0 atom stereocenters. The molecule has 2 nitrogen and oxygen atoms in total. The normalized spacial score (nSPS) is 11.5. The highest BCUT2D eigenvalue weighted by Crippen LogP contribution is 2.29. The maximum absolute atomic E-state index is 12.3. The molecule has 1 rings (SSSR count). The van der Waals surface area contributed by atoms with Crippen LogP contribution in [0.1, 0.15) is 24.6 Å². The number of hydrogen-bond donors (Lipinski definition) is 0. The molecule has 15 heavy (non-hydrogen) atoms. The molecular formula is C10H10F3NO. The second kappa shape index (κ2) is 4.42. The van der Waals surface area contributed by atoms with Gasteiger partial charge in [0, 0.05) is 18.3 Å². The van der Waals surface area contributed by atoms with Gasteiger partial charge in [-0.25, -0.2) is 0 Å². The van der Waals surface area contributed by atoms with E-state index in [4.69, 9.17) is 0 Å². The lowest BCUT2D eigenvalue weighted by atomic mass is 10.1. The summed E-state index contributed by atoms with van der Waals surface area (Å²) in [6, 6.07) is 1.89. The second-order valence-corrected chi connectivity index (χ2v) is 3.24. The van der Waals surface area contributed by atoms with Crippen molar-refractivity contribution in [1.29, 1.82) is 0 Å². The third-order valence-electron chi connectivity index (χ3n) is 1.88. The van der Waals surface area contributed by atoms with Crippen LogP contribution in [0.25, 0.3) is 0 Å². The average molecular weight is 217 g/mol. The molecule has 0 radical (unpaired) electrons. The van der Waals surface area contributed by atoms with Crippen LogP contribution in [0.2, 0.25) is 0 Å². The SMILES string of the molecule is CC(=O)CCc1cc(C(F)(F)F)ccn1. The van der Waals surface area contributed by atoms with Gasteiger partial charge in [0.2, 0.25) is 0 Å². The molecule has 1 heterocycles. The van der Waals surface area contributed by atoms with Crippen molar-refractivity contribution >= 4 is 5.78 Å². The lowest BCUT2D eigenvalue weighted by Gasteiger charge is -2.07. The second-order valence-electron chi connectivity index (χ2n) is 3.24. The fraction of sp³-hybridized carbons (Fsp3) is 0.400. The molecule has 0 aliphatic rings. The number of Topliss-reactive ketones (excluding diaryl/α,β-unsaturated/α-hetero) is 1. The van der Waals surface area contributed by atoms with E-state index in [1.165, 1.54) is 6.92 Å². The molecule has 0 aliphatic heterocycles. The quantitative estimate of drug-likeness (QED) is 0.778. The summed E-state index contributed by atoms with van der Waals surface area (Å²) in [4.78, 5) is 14.4. The predicted octanol–water partition coefficient (Wildman–Crippen LogP) is 2.62. The van der Waals surface area contributed by atoms with Crippen molar-refractivity contribution in [2.24, 2.45) is 0 Å². The summed E-state index contributed by atoms with van der Waals surface area (Å²) in [6.07, 6.45) is -2.78. The van der Waals surface area contributed by atoms with Crippen LogP contribution in [0.5, 0.6) is 0 Å². The van der Waals surface area contributed by atoms with Crippen molar-refractivity contribution in [3.63, 3.8) is 0 Å². The fourth-order valence-corrected chi connectivity index (χ4v) is 1.10. The summed E-state index contributed by atoms with van der Waals surface area (Å²) >= 11 is 0. The van der Waals surface area contributed by atoms with Crippen LogP contribution in [0.15, 0.2) is 18.3 Å². The third kappa shape index (κ3) is 3.69. The zero-order chi connectivity index (χ0) is 11.5. The number of carbonyl (C=O) groups excluding carboxylic acids is 1. The van der Waals surface area contributed by atoms with E-state index in [1.807, 2.05) is 0 Å². The van der Waals surface area contributed by atoms with Gasteiger partial charge < -0.3 is 4.79 Å². The lowest BCUT2D eigenvalue weighted by molar-refractivity contribution is -0.137. The number of aryl methyl sites for hydroxylation is 1. The van der Waals surface area contributed by atoms with E-state index in [-0.39, 0.29) is 18.6 Å². The fourth-order valence-electron chi connectivity index (χ4n) is 1.10. The highest BCUT2D eigenvalue weighted by Gasteiger charge is 2.30. The van der Waals surface area contributed by atoms with E-state index in [9.17, 15) is 18.0 Å². The molecule has 0 fully saturated rings. The predicted molar refractivity (Wildman–Crippen MR) is 48.2 cm³/mol. The lowest BCUT2D eigenvalue weighted by Crippen LogP contribution is -2.06. The first-order valence-corrected chi connectivity index (χ1v) is 4.41. The number of ketones is 1. The number of halogens is 3. The van der Waals surface area contributed by atoms with Crippen molar-refractivity contribution in [3.05, 3.63) is 29.6 Å². The van der Waals surface area contributed by atoms with Crippen LogP contribution in [0, 0.1) is 0 Å². The summed E-state index contributed by atoms with van der Waals surface area (Å²) in [6.45, 7) is 1.40. The number of nitrogens with zero attached hydrogens (tertiary/aromatic N) is 1. The number of pyridine rings is 1. The number of carbonyl (C=O) groups is 1. The van der Waals surface area contributed by atoms with Gasteiger partial charge in [-0.05, 0) is 25.5 Å². The Morgan fingerprint density at radius 2 is 2.13 bits per heavy atom. The summed E-state index contributed by atoms with van der Waals surface area (Å²) < 4.78 is 36.8. The number of alkyl halides is 3. The number of hydrogen-bond acceptors (Lipinski definition) is 2. The van der Waals surface area contributed by atoms with Gasteiger partial charge in [-0.1, -0.05) is 0 Å². The van der Waals surface area contributed by atoms with Gasteiger partial charge >= 0.3 is 6.18 Å². The van der Waals surface area contributed by atoms with Gasteiger partial charge in [-0.2, -0.15) is 13.2 Å². The van der Waals surface area contributed by atoms with Crippen LogP contribution in [0.4, 0.5) is 13.2 Å². The minimum atomic E-state index is -4.35. The summed E-state index contributed by atoms with van der Waals surface area (Å²) in [5.74, 6) is -0.0609. The topological polar surface area (TPSA) is 30.0 Å². The summed E-state index contributed by atoms with van der Waals surface area (Å²) in [5.41, 5.74) is -0.434. The van der Waals surface area contributed by atoms with Crippen molar-refractivity contribution in [3.8, 4) is 0 Å². The van der Waals surface area contributed by atoms with Gasteiger partial charge in [0.15, 0.2) is 0 Å². The van der Waals surface area contributed by atoms with E-state index >= 15 is 0 Å². The zero-order valence-electron chi connectivity index (χ0n) is 8.14. The standard InChI is InChI=1S/C10H10F3NO/c1-7(15)2-3-9-6-8(4-5-14-9)10(11,12)13/h4-6H,2-3H2,1H3. The molecule has 82 valence electrons. The van der Waals surface area contributed by atoms with Gasteiger partial charge in [0.1, 0.15) is 5.78 Å². The van der Waals surface area contributed by atoms with Gasteiger partial charge in [0.25, 0.3) is 0 Å². The molecule has 5 heteroatoms. The highest BCUT2D eigenvalue weighted by atomic mass is 19.4. The van der Waals surface area contributed by atoms with Crippen molar-refractivity contribution < 1.29 is 18.0 Å². The average Bonchev–Trinajstić information content (AvgIpc) is 2.14. The van der Waals surface area contributed by atoms with Crippen LogP contribution in [-0.4, -0.2) is 10.8 Å². The molecule has 0 amide bonds. The molecule has 0 spiro atoms. The maximum atomic E-state index is 12.3. The third-order valence-corrected chi connectivity index (χ3v) is 1.88. The Hall–Kier alpha value is -1.39. The van der Waals surface area contributed by atoms with Crippen LogP contribution in [-0.2, 0) is 17.4 Å². The first-order valence-electron chi connectivity index (χ1n) is 4.41. The zero-order valence-corrected chi connectivity index (χ0v) is 8.14. The highest BCUT2D eigenvalue weighted by molar-refractivity contribution is 5.75. The monoisotopic (exact) mass is 217 g/mol. The molecule has 0 bridgehead atoms. The molecule has 0 N–H and O–H groups in total. The summed E-state index contributed by atoms with van der Waals surface area (Å²) in [5, 5.41) is 0. The largest absolute Gasteiger partial charge is 0.416 e. The Morgan fingerprint density at radius 3 is 2.67 bits per heavy atom. The molecule has 0 aromatic carbocycles. The van der Waals surface area contributed by atoms with E-state index < -0.39 is 11.7 Å². The Bertz CT molecular complexity index is 360. The van der Waals surface area contributed by atoms with E-state index in [0.717, 1.165) is 18.3 Å². The van der Waals surface area contributed by atoms with Gasteiger partial charge in [0.05, 0.1) is 5.56 Å². The van der Waals surface area contributed by atoms with Crippen LogP contribution >= 0.6 is 0 Å². The molecule has 0 aliphatic carbocycles. The van der Waals surface area contributed by atoms with Crippen LogP contribution < -0.4 is 0 Å². The van der Waals surface area contributed by atoms with Gasteiger partial charge in [-0.15, -0.1) is 0 Å². The molecular weight excluding hydrogens is 207 g/mol. The van der Waals surface area contributed by atoms with E-state index in [0.29, 0.717) is 5.69 Å². The smallest absolute Gasteiger partial charge is 0.300 e. The van der Waals surface area contributed by atoms with E-state index in [1.54, 1.807) is 0 Å². The molecule has 0 saturated carbocycles. The Morgan fingerprint density at radius 1 is 1.47 bits per heavy atom. The Labute approximate surface area is 85.1 Å². The minimum absolute atomic E-state index is 0.0609. The Balaban J connectivity index is 2.79. The first kappa shape index (κ1) is 11.7. The van der Waals surface area contributed by atoms with Crippen molar-refractivity contribution in [2.75, 3.05) is 0 Å². The first-order chi connectivity index (χ1) is 6.89. The summed E-state index contributed by atoms with van der Waals surface area (Å²) in [7, 11) is 0. The number of aromatic nitrogens is 1. The molecule has 0 unspecified atom stereocenters. The maximum Gasteiger partial charge on any atom is 0.416 e. The number of rotatable bonds is 3.